The molecule has 0 unspecified atom stereocenters. The summed E-state index contributed by atoms with van der Waals surface area (Å²) in [6.07, 6.45) is 3.74. The van der Waals surface area contributed by atoms with Gasteiger partial charge in [0.15, 0.2) is 0 Å². The van der Waals surface area contributed by atoms with E-state index in [2.05, 4.69) is 6.92 Å². The number of likely N-dealkylation sites (tertiary alicyclic amines) is 1. The average molecular weight is 328 g/mol. The molecule has 1 saturated heterocycles. The molecule has 0 aliphatic carbocycles. The highest BCUT2D eigenvalue weighted by atomic mass is 16.2. The normalized spacial score (nSPS) is 18.2. The van der Waals surface area contributed by atoms with Gasteiger partial charge in [0, 0.05) is 25.2 Å². The van der Waals surface area contributed by atoms with Crippen LogP contribution in [0.4, 0.5) is 0 Å². The molecule has 0 atom stereocenters. The van der Waals surface area contributed by atoms with Crippen molar-refractivity contribution < 1.29 is 14.4 Å². The number of fused-ring (bicyclic) bond motifs is 1. The van der Waals surface area contributed by atoms with E-state index in [0.29, 0.717) is 29.2 Å². The van der Waals surface area contributed by atoms with Gasteiger partial charge in [0.2, 0.25) is 0 Å². The lowest BCUT2D eigenvalue weighted by Crippen LogP contribution is -2.38. The maximum atomic E-state index is 12.7. The molecule has 2 heterocycles. The lowest BCUT2D eigenvalue weighted by Gasteiger charge is -2.30. The average Bonchev–Trinajstić information content (AvgIpc) is 2.83. The highest BCUT2D eigenvalue weighted by Gasteiger charge is 2.35. The molecule has 0 radical (unpaired) electrons. The van der Waals surface area contributed by atoms with E-state index in [1.54, 1.807) is 18.2 Å². The molecule has 0 N–H and O–H groups in total. The van der Waals surface area contributed by atoms with E-state index in [4.69, 9.17) is 0 Å². The zero-order valence-corrected chi connectivity index (χ0v) is 14.4. The first-order valence-electron chi connectivity index (χ1n) is 8.82. The molecule has 3 amide bonds. The van der Waals surface area contributed by atoms with Crippen LogP contribution in [0.25, 0.3) is 0 Å². The Hall–Kier alpha value is -2.17. The molecule has 1 aromatic rings. The topological polar surface area (TPSA) is 57.7 Å². The fraction of sp³-hybridized carbons (Fsp3) is 0.526. The Kier molecular flexibility index (Phi) is 4.69. The number of benzene rings is 1. The highest BCUT2D eigenvalue weighted by molar-refractivity contribution is 6.22. The molecule has 0 bridgehead atoms. The number of carbonyl (C=O) groups is 3. The van der Waals surface area contributed by atoms with Gasteiger partial charge in [-0.1, -0.05) is 20.3 Å². The third kappa shape index (κ3) is 2.95. The Morgan fingerprint density at radius 2 is 1.79 bits per heavy atom. The van der Waals surface area contributed by atoms with Crippen LogP contribution >= 0.6 is 0 Å². The minimum atomic E-state index is -0.273. The Bertz CT molecular complexity index is 675. The number of unbranched alkanes of at least 4 members (excludes halogenated alkanes) is 1. The van der Waals surface area contributed by atoms with Crippen LogP contribution in [0.3, 0.4) is 0 Å². The van der Waals surface area contributed by atoms with Gasteiger partial charge < -0.3 is 4.90 Å². The first kappa shape index (κ1) is 16.7. The van der Waals surface area contributed by atoms with E-state index in [1.807, 2.05) is 11.8 Å². The molecule has 0 spiro atoms. The third-order valence-electron chi connectivity index (χ3n) is 5.02. The second-order valence-corrected chi connectivity index (χ2v) is 6.85. The van der Waals surface area contributed by atoms with Crippen LogP contribution in [0.1, 0.15) is 70.6 Å². The largest absolute Gasteiger partial charge is 0.339 e. The molecule has 0 saturated carbocycles. The van der Waals surface area contributed by atoms with Gasteiger partial charge in [-0.3, -0.25) is 19.3 Å². The van der Waals surface area contributed by atoms with Crippen molar-refractivity contribution in [3.05, 3.63) is 34.9 Å². The van der Waals surface area contributed by atoms with Crippen LogP contribution in [0.15, 0.2) is 18.2 Å². The molecule has 2 aliphatic rings. The van der Waals surface area contributed by atoms with Crippen molar-refractivity contribution in [3.63, 3.8) is 0 Å². The number of nitrogens with zero attached hydrogens (tertiary/aromatic N) is 2. The van der Waals surface area contributed by atoms with E-state index >= 15 is 0 Å². The predicted octanol–water partition coefficient (Wildman–Crippen LogP) is 2.95. The van der Waals surface area contributed by atoms with Gasteiger partial charge in [0.05, 0.1) is 11.1 Å². The van der Waals surface area contributed by atoms with E-state index < -0.39 is 0 Å². The zero-order chi connectivity index (χ0) is 17.3. The first-order valence-corrected chi connectivity index (χ1v) is 8.82. The number of piperidine rings is 1. The molecule has 128 valence electrons. The summed E-state index contributed by atoms with van der Waals surface area (Å²) in [6.45, 7) is 6.18. The fourth-order valence-corrected chi connectivity index (χ4v) is 3.34. The summed E-state index contributed by atoms with van der Waals surface area (Å²) < 4.78 is 0. The maximum Gasteiger partial charge on any atom is 0.261 e. The number of hydrogen-bond donors (Lipinski definition) is 0. The SMILES string of the molecule is CCCCN1C(=O)c2ccc(C(=O)N3CCC(C)CC3)cc2C1=O. The fourth-order valence-electron chi connectivity index (χ4n) is 3.34. The molecular formula is C19H24N2O3. The number of carbonyl (C=O) groups excluding carboxylic acids is 3. The summed E-state index contributed by atoms with van der Waals surface area (Å²) in [4.78, 5) is 40.6. The Labute approximate surface area is 142 Å². The second-order valence-electron chi connectivity index (χ2n) is 6.85. The Morgan fingerprint density at radius 1 is 1.12 bits per heavy atom. The summed E-state index contributed by atoms with van der Waals surface area (Å²) in [5, 5.41) is 0. The van der Waals surface area contributed by atoms with Crippen LogP contribution in [-0.4, -0.2) is 47.2 Å². The van der Waals surface area contributed by atoms with E-state index in [1.165, 1.54) is 4.90 Å². The van der Waals surface area contributed by atoms with Crippen molar-refractivity contribution in [3.8, 4) is 0 Å². The monoisotopic (exact) mass is 328 g/mol. The van der Waals surface area contributed by atoms with Gasteiger partial charge in [0.1, 0.15) is 0 Å². The van der Waals surface area contributed by atoms with Gasteiger partial charge in [-0.15, -0.1) is 0 Å². The molecule has 3 rings (SSSR count). The van der Waals surface area contributed by atoms with Gasteiger partial charge in [-0.25, -0.2) is 0 Å². The standard InChI is InChI=1S/C19H24N2O3/c1-3-4-9-21-18(23)15-6-5-14(12-16(15)19(21)24)17(22)20-10-7-13(2)8-11-20/h5-6,12-13H,3-4,7-11H2,1-2H3. The lowest BCUT2D eigenvalue weighted by atomic mass is 9.98. The smallest absolute Gasteiger partial charge is 0.261 e. The van der Waals surface area contributed by atoms with Crippen LogP contribution in [0.2, 0.25) is 0 Å². The van der Waals surface area contributed by atoms with Crippen LogP contribution in [0.5, 0.6) is 0 Å². The summed E-state index contributed by atoms with van der Waals surface area (Å²) >= 11 is 0. The van der Waals surface area contributed by atoms with Gasteiger partial charge in [-0.2, -0.15) is 0 Å². The first-order chi connectivity index (χ1) is 11.5. The molecule has 5 heteroatoms. The Morgan fingerprint density at radius 3 is 2.46 bits per heavy atom. The number of hydrogen-bond acceptors (Lipinski definition) is 3. The van der Waals surface area contributed by atoms with Crippen molar-refractivity contribution in [2.24, 2.45) is 5.92 Å². The quantitative estimate of drug-likeness (QED) is 0.799. The minimum Gasteiger partial charge on any atom is -0.339 e. The van der Waals surface area contributed by atoms with E-state index in [0.717, 1.165) is 38.8 Å². The van der Waals surface area contributed by atoms with Crippen molar-refractivity contribution >= 4 is 17.7 Å². The van der Waals surface area contributed by atoms with Crippen LogP contribution in [-0.2, 0) is 0 Å². The molecule has 5 nitrogen and oxygen atoms in total. The van der Waals surface area contributed by atoms with Gasteiger partial charge in [0.25, 0.3) is 17.7 Å². The van der Waals surface area contributed by atoms with Crippen molar-refractivity contribution in [2.75, 3.05) is 19.6 Å². The van der Waals surface area contributed by atoms with E-state index in [9.17, 15) is 14.4 Å². The molecule has 2 aliphatic heterocycles. The summed E-state index contributed by atoms with van der Waals surface area (Å²) in [5.74, 6) is 0.0944. The summed E-state index contributed by atoms with van der Waals surface area (Å²) in [6, 6.07) is 4.90. The molecule has 0 aromatic heterocycles. The number of rotatable bonds is 4. The van der Waals surface area contributed by atoms with Crippen LogP contribution in [0, 0.1) is 5.92 Å². The molecule has 1 aromatic carbocycles. The van der Waals surface area contributed by atoms with Crippen molar-refractivity contribution in [1.29, 1.82) is 0 Å². The predicted molar refractivity (Wildman–Crippen MR) is 91.0 cm³/mol. The summed E-state index contributed by atoms with van der Waals surface area (Å²) in [5.41, 5.74) is 1.29. The number of imide groups is 1. The number of amides is 3. The van der Waals surface area contributed by atoms with E-state index in [-0.39, 0.29) is 17.7 Å². The Balaban J connectivity index is 1.80. The molecule has 1 fully saturated rings. The highest BCUT2D eigenvalue weighted by Crippen LogP contribution is 2.26. The summed E-state index contributed by atoms with van der Waals surface area (Å²) in [7, 11) is 0. The molecule has 24 heavy (non-hydrogen) atoms. The zero-order valence-electron chi connectivity index (χ0n) is 14.4. The third-order valence-corrected chi connectivity index (χ3v) is 5.02. The minimum absolute atomic E-state index is 0.0445. The van der Waals surface area contributed by atoms with Gasteiger partial charge in [-0.05, 0) is 43.4 Å². The van der Waals surface area contributed by atoms with Crippen LogP contribution < -0.4 is 0 Å². The van der Waals surface area contributed by atoms with Crippen molar-refractivity contribution in [1.82, 2.24) is 9.80 Å². The van der Waals surface area contributed by atoms with Crippen molar-refractivity contribution in [2.45, 2.75) is 39.5 Å². The second kappa shape index (κ2) is 6.75. The van der Waals surface area contributed by atoms with Gasteiger partial charge >= 0.3 is 0 Å². The maximum absolute atomic E-state index is 12.7. The molecular weight excluding hydrogens is 304 g/mol. The lowest BCUT2D eigenvalue weighted by molar-refractivity contribution is 0.0651.